The number of nitrogens with zero attached hydrogens (tertiary/aromatic N) is 1. The highest BCUT2D eigenvalue weighted by Gasteiger charge is 2.13. The molecule has 1 aromatic heterocycles. The van der Waals surface area contributed by atoms with Gasteiger partial charge in [0.2, 0.25) is 0 Å². The second kappa shape index (κ2) is 7.02. The summed E-state index contributed by atoms with van der Waals surface area (Å²) in [7, 11) is 3.17. The molecule has 1 aromatic carbocycles. The Morgan fingerprint density at radius 3 is 2.60 bits per heavy atom. The zero-order valence-electron chi connectivity index (χ0n) is 11.3. The van der Waals surface area contributed by atoms with Gasteiger partial charge in [-0.15, -0.1) is 11.3 Å². The van der Waals surface area contributed by atoms with E-state index < -0.39 is 5.97 Å². The quantitative estimate of drug-likeness (QED) is 0.605. The fourth-order valence-corrected chi connectivity index (χ4v) is 2.32. The van der Waals surface area contributed by atoms with Crippen LogP contribution in [-0.2, 0) is 9.47 Å². The minimum absolute atomic E-state index is 0.227. The third-order valence-corrected chi connectivity index (χ3v) is 3.46. The van der Waals surface area contributed by atoms with Gasteiger partial charge >= 0.3 is 5.97 Å². The van der Waals surface area contributed by atoms with Gasteiger partial charge in [0.1, 0.15) is 17.4 Å². The van der Waals surface area contributed by atoms with E-state index in [-0.39, 0.29) is 6.61 Å². The molecule has 0 saturated carbocycles. The Balaban J connectivity index is 2.05. The van der Waals surface area contributed by atoms with Crippen LogP contribution < -0.4 is 4.74 Å². The van der Waals surface area contributed by atoms with Crippen molar-refractivity contribution in [2.45, 2.75) is 0 Å². The molecule has 0 N–H and O–H groups in total. The highest BCUT2D eigenvalue weighted by atomic mass is 32.1. The second-order valence-electron chi connectivity index (χ2n) is 3.90. The average molecular weight is 293 g/mol. The van der Waals surface area contributed by atoms with Crippen molar-refractivity contribution in [1.29, 1.82) is 0 Å². The summed E-state index contributed by atoms with van der Waals surface area (Å²) in [6, 6.07) is 7.51. The number of hydrogen-bond donors (Lipinski definition) is 0. The van der Waals surface area contributed by atoms with Crippen molar-refractivity contribution < 1.29 is 19.0 Å². The Labute approximate surface area is 121 Å². The van der Waals surface area contributed by atoms with Crippen molar-refractivity contribution in [1.82, 2.24) is 4.98 Å². The first-order valence-corrected chi connectivity index (χ1v) is 6.88. The van der Waals surface area contributed by atoms with Crippen LogP contribution in [0.4, 0.5) is 0 Å². The van der Waals surface area contributed by atoms with E-state index in [9.17, 15) is 4.79 Å². The monoisotopic (exact) mass is 293 g/mol. The minimum atomic E-state index is -0.432. The molecule has 0 atom stereocenters. The molecule has 0 unspecified atom stereocenters. The molecule has 2 aromatic rings. The lowest BCUT2D eigenvalue weighted by Gasteiger charge is -2.01. The molecule has 0 aliphatic rings. The molecule has 0 saturated heterocycles. The molecule has 0 fully saturated rings. The average Bonchev–Trinajstić information content (AvgIpc) is 2.97. The summed E-state index contributed by atoms with van der Waals surface area (Å²) in [6.45, 7) is 0.603. The van der Waals surface area contributed by atoms with Crippen molar-refractivity contribution in [2.24, 2.45) is 0 Å². The van der Waals surface area contributed by atoms with E-state index in [1.807, 2.05) is 24.3 Å². The van der Waals surface area contributed by atoms with E-state index in [2.05, 4.69) is 4.98 Å². The zero-order valence-corrected chi connectivity index (χ0v) is 12.1. The molecule has 106 valence electrons. The fourth-order valence-electron chi connectivity index (χ4n) is 1.53. The molecule has 0 aliphatic carbocycles. The number of thiazole rings is 1. The number of esters is 1. The van der Waals surface area contributed by atoms with Gasteiger partial charge < -0.3 is 14.2 Å². The molecule has 6 heteroatoms. The lowest BCUT2D eigenvalue weighted by atomic mass is 10.2. The Morgan fingerprint density at radius 1 is 1.20 bits per heavy atom. The number of rotatable bonds is 6. The number of hydrogen-bond acceptors (Lipinski definition) is 6. The van der Waals surface area contributed by atoms with E-state index in [1.165, 1.54) is 11.3 Å². The van der Waals surface area contributed by atoms with Gasteiger partial charge in [0.05, 0.1) is 13.7 Å². The maximum Gasteiger partial charge on any atom is 0.357 e. The van der Waals surface area contributed by atoms with Gasteiger partial charge in [0, 0.05) is 18.1 Å². The number of benzene rings is 1. The van der Waals surface area contributed by atoms with E-state index in [4.69, 9.17) is 14.2 Å². The molecule has 0 radical (unpaired) electrons. The third-order valence-electron chi connectivity index (χ3n) is 2.57. The number of carbonyl (C=O) groups excluding carboxylic acids is 1. The van der Waals surface area contributed by atoms with Crippen LogP contribution in [0.2, 0.25) is 0 Å². The lowest BCUT2D eigenvalue weighted by Crippen LogP contribution is -2.10. The molecule has 2 rings (SSSR count). The Bertz CT molecular complexity index is 565. The third kappa shape index (κ3) is 3.55. The summed E-state index contributed by atoms with van der Waals surface area (Å²) in [5.41, 5.74) is 1.25. The summed E-state index contributed by atoms with van der Waals surface area (Å²) >= 11 is 1.40. The molecule has 0 bridgehead atoms. The number of methoxy groups -OCH3 is 2. The molecular formula is C14H15NO4S. The predicted octanol–water partition coefficient (Wildman–Crippen LogP) is 2.62. The summed E-state index contributed by atoms with van der Waals surface area (Å²) in [5, 5.41) is 2.46. The maximum absolute atomic E-state index is 11.7. The zero-order chi connectivity index (χ0) is 14.4. The van der Waals surface area contributed by atoms with Crippen molar-refractivity contribution >= 4 is 17.3 Å². The van der Waals surface area contributed by atoms with Crippen molar-refractivity contribution in [3.63, 3.8) is 0 Å². The highest BCUT2D eigenvalue weighted by molar-refractivity contribution is 7.13. The summed E-state index contributed by atoms with van der Waals surface area (Å²) in [5.74, 6) is 0.350. The van der Waals surface area contributed by atoms with E-state index >= 15 is 0 Å². The molecule has 5 nitrogen and oxygen atoms in total. The second-order valence-corrected chi connectivity index (χ2v) is 4.75. The number of carbonyl (C=O) groups is 1. The van der Waals surface area contributed by atoms with Gasteiger partial charge in [0.15, 0.2) is 5.69 Å². The molecule has 0 aliphatic heterocycles. The first-order valence-electron chi connectivity index (χ1n) is 6.00. The van der Waals surface area contributed by atoms with Crippen molar-refractivity contribution in [2.75, 3.05) is 27.4 Å². The predicted molar refractivity (Wildman–Crippen MR) is 76.3 cm³/mol. The summed E-state index contributed by atoms with van der Waals surface area (Å²) < 4.78 is 14.9. The van der Waals surface area contributed by atoms with Crippen LogP contribution in [0.3, 0.4) is 0 Å². The van der Waals surface area contributed by atoms with Crippen molar-refractivity contribution in [3.05, 3.63) is 35.3 Å². The molecular weight excluding hydrogens is 278 g/mol. The van der Waals surface area contributed by atoms with Crippen LogP contribution in [-0.4, -0.2) is 38.4 Å². The first kappa shape index (κ1) is 14.5. The molecule has 0 spiro atoms. The summed E-state index contributed by atoms with van der Waals surface area (Å²) in [6.07, 6.45) is 0. The van der Waals surface area contributed by atoms with Gasteiger partial charge in [-0.2, -0.15) is 0 Å². The number of ether oxygens (including phenoxy) is 3. The normalized spacial score (nSPS) is 10.3. The summed E-state index contributed by atoms with van der Waals surface area (Å²) in [4.78, 5) is 16.0. The van der Waals surface area contributed by atoms with Crippen LogP contribution in [0, 0.1) is 0 Å². The topological polar surface area (TPSA) is 57.7 Å². The van der Waals surface area contributed by atoms with E-state index in [1.54, 1.807) is 19.6 Å². The number of aromatic nitrogens is 1. The lowest BCUT2D eigenvalue weighted by molar-refractivity contribution is 0.0382. The molecule has 20 heavy (non-hydrogen) atoms. The van der Waals surface area contributed by atoms with Crippen LogP contribution in [0.1, 0.15) is 10.5 Å². The van der Waals surface area contributed by atoms with Crippen LogP contribution in [0.25, 0.3) is 10.6 Å². The van der Waals surface area contributed by atoms with Gasteiger partial charge in [-0.05, 0) is 24.3 Å². The van der Waals surface area contributed by atoms with Crippen LogP contribution in [0.15, 0.2) is 29.6 Å². The van der Waals surface area contributed by atoms with Crippen LogP contribution >= 0.6 is 11.3 Å². The van der Waals surface area contributed by atoms with Gasteiger partial charge in [-0.3, -0.25) is 0 Å². The van der Waals surface area contributed by atoms with Gasteiger partial charge in [-0.1, -0.05) is 0 Å². The van der Waals surface area contributed by atoms with Crippen LogP contribution in [0.5, 0.6) is 5.75 Å². The largest absolute Gasteiger partial charge is 0.497 e. The minimum Gasteiger partial charge on any atom is -0.497 e. The Kier molecular flexibility index (Phi) is 5.09. The van der Waals surface area contributed by atoms with Crippen molar-refractivity contribution in [3.8, 4) is 16.3 Å². The fraction of sp³-hybridized carbons (Fsp3) is 0.286. The standard InChI is InChI=1S/C14H15NO4S/c1-17-7-8-19-14(16)12-9-20-13(15-12)10-3-5-11(18-2)6-4-10/h3-6,9H,7-8H2,1-2H3. The van der Waals surface area contributed by atoms with Gasteiger partial charge in [0.25, 0.3) is 0 Å². The molecule has 0 amide bonds. The Morgan fingerprint density at radius 2 is 1.95 bits per heavy atom. The SMILES string of the molecule is COCCOC(=O)c1csc(-c2ccc(OC)cc2)n1. The van der Waals surface area contributed by atoms with Gasteiger partial charge in [-0.25, -0.2) is 9.78 Å². The maximum atomic E-state index is 11.7. The first-order chi connectivity index (χ1) is 9.74. The smallest absolute Gasteiger partial charge is 0.357 e. The Hall–Kier alpha value is -1.92. The van der Waals surface area contributed by atoms with E-state index in [0.717, 1.165) is 16.3 Å². The molecule has 1 heterocycles. The highest BCUT2D eigenvalue weighted by Crippen LogP contribution is 2.25. The van der Waals surface area contributed by atoms with E-state index in [0.29, 0.717) is 12.3 Å².